The SMILES string of the molecule is Cc1ccc(B(O)O)c(-c2cccc(OC(F)(F)F)c2)n1. The summed E-state index contributed by atoms with van der Waals surface area (Å²) in [7, 11) is -1.78. The van der Waals surface area contributed by atoms with Crippen LogP contribution < -0.4 is 10.2 Å². The summed E-state index contributed by atoms with van der Waals surface area (Å²) in [5, 5.41) is 18.6. The van der Waals surface area contributed by atoms with Gasteiger partial charge in [0.05, 0.1) is 5.69 Å². The summed E-state index contributed by atoms with van der Waals surface area (Å²) in [6.45, 7) is 1.69. The van der Waals surface area contributed by atoms with Crippen molar-refractivity contribution < 1.29 is 28.0 Å². The van der Waals surface area contributed by atoms with E-state index in [4.69, 9.17) is 0 Å². The Morgan fingerprint density at radius 2 is 1.86 bits per heavy atom. The first-order valence-corrected chi connectivity index (χ1v) is 5.96. The fourth-order valence-corrected chi connectivity index (χ4v) is 1.85. The minimum atomic E-state index is -4.79. The predicted molar refractivity (Wildman–Crippen MR) is 70.9 cm³/mol. The molecule has 0 aliphatic heterocycles. The lowest BCUT2D eigenvalue weighted by Crippen LogP contribution is -2.32. The number of alkyl halides is 3. The second kappa shape index (κ2) is 5.75. The fraction of sp³-hybridized carbons (Fsp3) is 0.154. The third kappa shape index (κ3) is 3.96. The Morgan fingerprint density at radius 1 is 1.14 bits per heavy atom. The lowest BCUT2D eigenvalue weighted by molar-refractivity contribution is -0.274. The van der Waals surface area contributed by atoms with E-state index in [9.17, 15) is 23.2 Å². The first-order chi connectivity index (χ1) is 9.76. The second-order valence-corrected chi connectivity index (χ2v) is 4.34. The van der Waals surface area contributed by atoms with Crippen molar-refractivity contribution >= 4 is 12.6 Å². The van der Waals surface area contributed by atoms with Crippen LogP contribution >= 0.6 is 0 Å². The summed E-state index contributed by atoms with van der Waals surface area (Å²) in [5.74, 6) is -0.401. The lowest BCUT2D eigenvalue weighted by Gasteiger charge is -2.12. The number of nitrogens with zero attached hydrogens (tertiary/aromatic N) is 1. The molecule has 0 bridgehead atoms. The van der Waals surface area contributed by atoms with Gasteiger partial charge in [-0.25, -0.2) is 0 Å². The highest BCUT2D eigenvalue weighted by atomic mass is 19.4. The quantitative estimate of drug-likeness (QED) is 0.845. The Labute approximate surface area is 119 Å². The molecule has 1 aromatic carbocycles. The maximum absolute atomic E-state index is 12.2. The van der Waals surface area contributed by atoms with Crippen molar-refractivity contribution in [3.8, 4) is 17.0 Å². The Morgan fingerprint density at radius 3 is 2.48 bits per heavy atom. The first-order valence-electron chi connectivity index (χ1n) is 5.96. The topological polar surface area (TPSA) is 62.6 Å². The van der Waals surface area contributed by atoms with E-state index in [0.717, 1.165) is 12.1 Å². The molecule has 21 heavy (non-hydrogen) atoms. The molecule has 2 rings (SSSR count). The molecule has 0 saturated heterocycles. The number of aryl methyl sites for hydroxylation is 1. The maximum atomic E-state index is 12.2. The lowest BCUT2D eigenvalue weighted by atomic mass is 9.77. The minimum absolute atomic E-state index is 0.102. The molecular weight excluding hydrogens is 286 g/mol. The second-order valence-electron chi connectivity index (χ2n) is 4.34. The predicted octanol–water partition coefficient (Wildman–Crippen LogP) is 1.64. The van der Waals surface area contributed by atoms with Gasteiger partial charge < -0.3 is 14.8 Å². The molecule has 0 aliphatic rings. The highest BCUT2D eigenvalue weighted by Gasteiger charge is 2.31. The van der Waals surface area contributed by atoms with Crippen LogP contribution in [-0.4, -0.2) is 28.5 Å². The fourth-order valence-electron chi connectivity index (χ4n) is 1.85. The summed E-state index contributed by atoms with van der Waals surface area (Å²) in [6, 6.07) is 8.21. The number of hydrogen-bond acceptors (Lipinski definition) is 4. The highest BCUT2D eigenvalue weighted by molar-refractivity contribution is 6.60. The molecule has 0 amide bonds. The van der Waals surface area contributed by atoms with E-state index < -0.39 is 19.2 Å². The van der Waals surface area contributed by atoms with Gasteiger partial charge in [0.1, 0.15) is 5.75 Å². The van der Waals surface area contributed by atoms with E-state index in [2.05, 4.69) is 9.72 Å². The van der Waals surface area contributed by atoms with Crippen LogP contribution in [0, 0.1) is 6.92 Å². The third-order valence-corrected chi connectivity index (χ3v) is 2.68. The van der Waals surface area contributed by atoms with Gasteiger partial charge in [-0.1, -0.05) is 18.2 Å². The van der Waals surface area contributed by atoms with Gasteiger partial charge in [0, 0.05) is 16.7 Å². The number of pyridine rings is 1. The van der Waals surface area contributed by atoms with Gasteiger partial charge in [-0.05, 0) is 25.1 Å². The number of ether oxygens (including phenoxy) is 1. The number of halogens is 3. The van der Waals surface area contributed by atoms with Crippen molar-refractivity contribution in [1.29, 1.82) is 0 Å². The molecule has 4 nitrogen and oxygen atoms in total. The average Bonchev–Trinajstić information content (AvgIpc) is 2.36. The maximum Gasteiger partial charge on any atom is 0.573 e. The Balaban J connectivity index is 2.47. The largest absolute Gasteiger partial charge is 0.573 e. The normalized spacial score (nSPS) is 11.3. The van der Waals surface area contributed by atoms with E-state index in [1.165, 1.54) is 18.2 Å². The molecule has 1 heterocycles. The Hall–Kier alpha value is -2.06. The van der Waals surface area contributed by atoms with Gasteiger partial charge in [-0.3, -0.25) is 4.98 Å². The number of hydrogen-bond donors (Lipinski definition) is 2. The van der Waals surface area contributed by atoms with Gasteiger partial charge in [-0.2, -0.15) is 0 Å². The summed E-state index contributed by atoms with van der Waals surface area (Å²) in [5.41, 5.74) is 1.18. The van der Waals surface area contributed by atoms with Crippen LogP contribution in [0.1, 0.15) is 5.69 Å². The van der Waals surface area contributed by atoms with Crippen molar-refractivity contribution in [2.45, 2.75) is 13.3 Å². The summed E-state index contributed by atoms with van der Waals surface area (Å²) in [4.78, 5) is 4.15. The van der Waals surface area contributed by atoms with Crippen LogP contribution in [0.15, 0.2) is 36.4 Å². The molecule has 0 spiro atoms. The zero-order valence-corrected chi connectivity index (χ0v) is 10.9. The molecule has 0 radical (unpaired) electrons. The Bertz CT molecular complexity index is 647. The van der Waals surface area contributed by atoms with Crippen molar-refractivity contribution in [2.24, 2.45) is 0 Å². The molecule has 110 valence electrons. The third-order valence-electron chi connectivity index (χ3n) is 2.68. The van der Waals surface area contributed by atoms with Crippen LogP contribution in [-0.2, 0) is 0 Å². The number of rotatable bonds is 3. The van der Waals surface area contributed by atoms with Gasteiger partial charge in [0.2, 0.25) is 0 Å². The first kappa shape index (κ1) is 15.3. The van der Waals surface area contributed by atoms with E-state index in [1.54, 1.807) is 13.0 Å². The van der Waals surface area contributed by atoms with Gasteiger partial charge in [0.25, 0.3) is 0 Å². The summed E-state index contributed by atoms with van der Waals surface area (Å²) in [6.07, 6.45) is -4.79. The summed E-state index contributed by atoms with van der Waals surface area (Å²) < 4.78 is 40.5. The summed E-state index contributed by atoms with van der Waals surface area (Å²) >= 11 is 0. The standard InChI is InChI=1S/C13H11BF3NO3/c1-8-5-6-11(14(19)20)12(18-8)9-3-2-4-10(7-9)21-13(15,16)17/h2-7,19-20H,1H3. The molecule has 0 unspecified atom stereocenters. The monoisotopic (exact) mass is 297 g/mol. The van der Waals surface area contributed by atoms with Gasteiger partial charge in [-0.15, -0.1) is 13.2 Å². The van der Waals surface area contributed by atoms with Gasteiger partial charge >= 0.3 is 13.5 Å². The van der Waals surface area contributed by atoms with Crippen molar-refractivity contribution in [3.05, 3.63) is 42.1 Å². The molecule has 1 aromatic heterocycles. The molecule has 8 heteroatoms. The highest BCUT2D eigenvalue weighted by Crippen LogP contribution is 2.26. The molecule has 0 aliphatic carbocycles. The van der Waals surface area contributed by atoms with E-state index in [0.29, 0.717) is 11.3 Å². The zero-order valence-electron chi connectivity index (χ0n) is 10.9. The number of benzene rings is 1. The van der Waals surface area contributed by atoms with E-state index in [1.807, 2.05) is 0 Å². The van der Waals surface area contributed by atoms with Crippen LogP contribution in [0.5, 0.6) is 5.75 Å². The van der Waals surface area contributed by atoms with Crippen LogP contribution in [0.25, 0.3) is 11.3 Å². The molecule has 0 atom stereocenters. The average molecular weight is 297 g/mol. The van der Waals surface area contributed by atoms with Crippen LogP contribution in [0.3, 0.4) is 0 Å². The van der Waals surface area contributed by atoms with Crippen molar-refractivity contribution in [3.63, 3.8) is 0 Å². The molecule has 0 saturated carbocycles. The molecule has 0 fully saturated rings. The van der Waals surface area contributed by atoms with Crippen molar-refractivity contribution in [1.82, 2.24) is 4.98 Å². The van der Waals surface area contributed by atoms with E-state index >= 15 is 0 Å². The number of aromatic nitrogens is 1. The van der Waals surface area contributed by atoms with E-state index in [-0.39, 0.29) is 11.2 Å². The zero-order chi connectivity index (χ0) is 15.6. The molecule has 2 N–H and O–H groups in total. The van der Waals surface area contributed by atoms with Crippen molar-refractivity contribution in [2.75, 3.05) is 0 Å². The molecule has 2 aromatic rings. The smallest absolute Gasteiger partial charge is 0.423 e. The Kier molecular flexibility index (Phi) is 4.20. The van der Waals surface area contributed by atoms with Crippen LogP contribution in [0.4, 0.5) is 13.2 Å². The molecular formula is C13H11BF3NO3. The van der Waals surface area contributed by atoms with Gasteiger partial charge in [0.15, 0.2) is 0 Å². The minimum Gasteiger partial charge on any atom is -0.423 e. The van der Waals surface area contributed by atoms with Crippen LogP contribution in [0.2, 0.25) is 0 Å².